The molecule has 4 fully saturated rings. The van der Waals surface area contributed by atoms with Gasteiger partial charge >= 0.3 is 0 Å². The van der Waals surface area contributed by atoms with Gasteiger partial charge < -0.3 is 24.9 Å². The van der Waals surface area contributed by atoms with E-state index in [0.29, 0.717) is 80.1 Å². The summed E-state index contributed by atoms with van der Waals surface area (Å²) in [6.07, 6.45) is 34.8. The van der Waals surface area contributed by atoms with Crippen LogP contribution in [0.4, 0.5) is 17.2 Å². The molecule has 34 heteroatoms. The molecule has 0 unspecified atom stereocenters. The first-order chi connectivity index (χ1) is 70.1. The van der Waals surface area contributed by atoms with Crippen molar-refractivity contribution in [1.82, 2.24) is 126 Å². The number of piperidine rings is 1. The number of nitrogens with one attached hydrogen (secondary N) is 1. The van der Waals surface area contributed by atoms with Gasteiger partial charge in [0.25, 0.3) is 27.8 Å². The number of likely N-dealkylation sites (N-methyl/N-ethyl adjacent to an activating group) is 2. The van der Waals surface area contributed by atoms with Gasteiger partial charge in [-0.2, -0.15) is 20.4 Å². The number of anilines is 3. The van der Waals surface area contributed by atoms with Crippen LogP contribution in [0, 0.1) is 13.8 Å². The normalized spacial score (nSPS) is 16.2. The molecule has 0 bridgehead atoms. The lowest BCUT2D eigenvalue weighted by Crippen LogP contribution is -2.50. The van der Waals surface area contributed by atoms with Crippen LogP contribution < -0.4 is 47.8 Å². The molecule has 1 atom stereocenters. The van der Waals surface area contributed by atoms with Crippen LogP contribution >= 0.6 is 0 Å². The third kappa shape index (κ3) is 20.2. The zero-order chi connectivity index (χ0) is 98.9. The summed E-state index contributed by atoms with van der Waals surface area (Å²) in [5, 5.41) is 23.1. The van der Waals surface area contributed by atoms with Crippen LogP contribution in [0.3, 0.4) is 0 Å². The molecule has 2 aromatic carbocycles. The lowest BCUT2D eigenvalue weighted by molar-refractivity contribution is 0.231. The van der Waals surface area contributed by atoms with Gasteiger partial charge in [-0.1, -0.05) is 51.1 Å². The standard InChI is InChI=1S/C24H25N5O.C23H23N5O.C22H23N7O.C21H23N7O.C20H23N5O/c1-3-10-28-11-8-17(9-12-28)19-5-7-23-26-21(14-24(30)29(23)16-19)18-4-6-22-20(13-18)15-25-27(22)2;1-3-27-10-8-16(9-11-27)18-5-7-22-25-20(13-23(29)28(22)15-18)17-4-6-21-19(12-17)14-24-26(21)2;1-15-12-29-18(11-23-15)9-20(25-29)19-10-22(30)28-14-17(4-5-21(28)24-19)27-8-7-26-6-2-3-16(26)13-27;1-3-25-6-8-26(9-7-25)16-4-5-20-23-18(11-21(29)27(20)14-16)19-10-17-12-22-15(2)13-28(17)24-19;1-24(2)18-5-3-15(12-22-18)17-11-20(26)25-13-16(4-6-19(25)23-17)14-7-9-21-10-8-14/h4-8,13-16H,3,9-12H2,1-2H3;4-8,12-15H,3,9-11H2,1-2H3;4-5,9-12,14,16H,2-3,6-8,13H2,1H3;4-5,10-14H,3,6-9H2,1-2H3;3-6,11-14,21H,7-10H2,1-2H3/t;;16-;;/m..1../s1. The van der Waals surface area contributed by atoms with E-state index in [1.807, 2.05) is 209 Å². The van der Waals surface area contributed by atoms with Crippen LogP contribution in [0.1, 0.15) is 99.7 Å². The first-order valence-corrected chi connectivity index (χ1v) is 49.9. The van der Waals surface area contributed by atoms with E-state index in [1.54, 1.807) is 80.0 Å². The monoisotopic (exact) mass is 1920 g/mol. The number of rotatable bonds is 15. The highest BCUT2D eigenvalue weighted by atomic mass is 16.1. The van der Waals surface area contributed by atoms with Crippen LogP contribution in [-0.4, -0.2) is 252 Å². The van der Waals surface area contributed by atoms with E-state index >= 15 is 0 Å². The van der Waals surface area contributed by atoms with Crippen molar-refractivity contribution in [2.24, 2.45) is 14.1 Å². The lowest BCUT2D eigenvalue weighted by Gasteiger charge is -2.38. The summed E-state index contributed by atoms with van der Waals surface area (Å²) in [7, 11) is 7.73. The Morgan fingerprint density at radius 2 is 0.854 bits per heavy atom. The smallest absolute Gasteiger partial charge is 0.258 e. The molecule has 19 aromatic rings. The Balaban J connectivity index is 0.000000106. The molecule has 17 aromatic heterocycles. The minimum absolute atomic E-state index is 0.0579. The average Bonchev–Trinajstić information content (AvgIpc) is 1.63. The highest BCUT2D eigenvalue weighted by Crippen LogP contribution is 2.33. The zero-order valence-electron chi connectivity index (χ0n) is 82.7. The van der Waals surface area contributed by atoms with E-state index in [1.165, 1.54) is 42.5 Å². The minimum atomic E-state index is -0.106. The molecule has 23 heterocycles. The van der Waals surface area contributed by atoms with Crippen molar-refractivity contribution in [3.63, 3.8) is 0 Å². The Kier molecular flexibility index (Phi) is 26.9. The predicted molar refractivity (Wildman–Crippen MR) is 568 cm³/mol. The van der Waals surface area contributed by atoms with Crippen LogP contribution in [0.5, 0.6) is 0 Å². The summed E-state index contributed by atoms with van der Waals surface area (Å²) in [4.78, 5) is 117. The average molecular weight is 1930 g/mol. The van der Waals surface area contributed by atoms with Crippen molar-refractivity contribution in [3.05, 3.63) is 318 Å². The number of nitrogens with zero attached hydrogens (tertiary/aromatic N) is 28. The molecule has 6 aliphatic heterocycles. The number of aryl methyl sites for hydroxylation is 4. The van der Waals surface area contributed by atoms with Crippen molar-refractivity contribution in [2.75, 3.05) is 140 Å². The van der Waals surface area contributed by atoms with Gasteiger partial charge in [-0.05, 0) is 235 Å². The fraction of sp³-hybridized carbons (Fsp3) is 0.318. The van der Waals surface area contributed by atoms with E-state index in [-0.39, 0.29) is 27.8 Å². The molecule has 1 N–H and O–H groups in total. The number of fused-ring (bicyclic) bond motifs is 10. The van der Waals surface area contributed by atoms with Crippen LogP contribution in [0.15, 0.2) is 262 Å². The van der Waals surface area contributed by atoms with E-state index in [2.05, 4.69) is 137 Å². The molecular weight excluding hydrogens is 1810 g/mol. The van der Waals surface area contributed by atoms with Gasteiger partial charge in [-0.3, -0.25) is 80.0 Å². The molecule has 0 aliphatic carbocycles. The summed E-state index contributed by atoms with van der Waals surface area (Å²) in [5.74, 6) is 1.38. The molecule has 0 spiro atoms. The molecule has 4 saturated heterocycles. The summed E-state index contributed by atoms with van der Waals surface area (Å²) in [5.41, 5.74) is 23.8. The molecule has 0 amide bonds. The SMILES string of the molecule is CCCN1CC=C(c2ccc3nc(-c4ccc5c(cnn5C)c4)cc(=O)n3c2)CC1.CCN1CC=C(c2ccc3nc(-c4ccc5c(cnn5C)c4)cc(=O)n3c2)CC1.CCN1CCN(c2ccc3nc(-c4cc5cnc(C)cn5n4)cc(=O)n3c2)CC1.CN(C)c1ccc(-c2cc(=O)n3cc(C4CCNCC4)ccc3n2)cn1.Cc1cn2nc(-c3cc(=O)n4cc(N5CCN6CCC[C@@H]6C5)ccc4n3)cc2cn1. The van der Waals surface area contributed by atoms with Gasteiger partial charge in [0.1, 0.15) is 45.4 Å². The van der Waals surface area contributed by atoms with Crippen molar-refractivity contribution in [2.45, 2.75) is 91.5 Å². The number of hydrogen-bond donors (Lipinski definition) is 1. The molecule has 0 radical (unpaired) electrons. The molecule has 25 rings (SSSR count). The quantitative estimate of drug-likeness (QED) is 0.0996. The number of aromatic nitrogens is 21. The molecular formula is C110H117N29O5. The summed E-state index contributed by atoms with van der Waals surface area (Å²) < 4.78 is 15.4. The van der Waals surface area contributed by atoms with Gasteiger partial charge in [0.2, 0.25) is 0 Å². The maximum absolute atomic E-state index is 12.9. The second-order valence-corrected chi connectivity index (χ2v) is 38.2. The molecule has 0 saturated carbocycles. The number of pyridine rings is 6. The topological polar surface area (TPSA) is 315 Å². The van der Waals surface area contributed by atoms with E-state index in [4.69, 9.17) is 15.0 Å². The Labute approximate surface area is 830 Å². The largest absolute Gasteiger partial charge is 0.368 e. The van der Waals surface area contributed by atoms with Crippen LogP contribution in [0.2, 0.25) is 0 Å². The van der Waals surface area contributed by atoms with E-state index in [9.17, 15) is 24.0 Å². The van der Waals surface area contributed by atoms with Crippen molar-refractivity contribution in [1.29, 1.82) is 0 Å². The number of piperazine rings is 2. The van der Waals surface area contributed by atoms with Gasteiger partial charge in [0.05, 0.1) is 110 Å². The fourth-order valence-electron chi connectivity index (χ4n) is 20.3. The molecule has 144 heavy (non-hydrogen) atoms. The maximum Gasteiger partial charge on any atom is 0.258 e. The first-order valence-electron chi connectivity index (χ1n) is 49.9. The third-order valence-electron chi connectivity index (χ3n) is 28.6. The first kappa shape index (κ1) is 94.5. The van der Waals surface area contributed by atoms with Crippen molar-refractivity contribution in [3.8, 4) is 56.5 Å². The Morgan fingerprint density at radius 3 is 1.35 bits per heavy atom. The molecule has 732 valence electrons. The molecule has 6 aliphatic rings. The maximum atomic E-state index is 12.9. The second kappa shape index (κ2) is 41.1. The van der Waals surface area contributed by atoms with Gasteiger partial charge in [0, 0.05) is 201 Å². The van der Waals surface area contributed by atoms with E-state index < -0.39 is 0 Å². The Bertz CT molecular complexity index is 8460. The Hall–Kier alpha value is -15.8. The summed E-state index contributed by atoms with van der Waals surface area (Å²) >= 11 is 0. The van der Waals surface area contributed by atoms with Gasteiger partial charge in [0.15, 0.2) is 0 Å². The highest BCUT2D eigenvalue weighted by molar-refractivity contribution is 5.86. The Morgan fingerprint density at radius 1 is 0.396 bits per heavy atom. The number of hydrogen-bond acceptors (Lipinski definition) is 25. The van der Waals surface area contributed by atoms with Crippen molar-refractivity contribution >= 4 is 89.4 Å². The third-order valence-corrected chi connectivity index (χ3v) is 28.6. The summed E-state index contributed by atoms with van der Waals surface area (Å²) in [6.45, 7) is 28.2. The minimum Gasteiger partial charge on any atom is -0.368 e. The van der Waals surface area contributed by atoms with Gasteiger partial charge in [-0.15, -0.1) is 0 Å². The molecule has 34 nitrogen and oxygen atoms in total. The van der Waals surface area contributed by atoms with Crippen LogP contribution in [-0.2, 0) is 14.1 Å². The summed E-state index contributed by atoms with van der Waals surface area (Å²) in [6, 6.07) is 48.4. The second-order valence-electron chi connectivity index (χ2n) is 38.2. The predicted octanol–water partition coefficient (Wildman–Crippen LogP) is 13.2. The fourth-order valence-corrected chi connectivity index (χ4v) is 20.3. The van der Waals surface area contributed by atoms with Crippen molar-refractivity contribution < 1.29 is 0 Å². The van der Waals surface area contributed by atoms with Crippen LogP contribution in [0.25, 0.3) is 129 Å². The van der Waals surface area contributed by atoms with Gasteiger partial charge in [-0.25, -0.2) is 38.9 Å². The lowest BCUT2D eigenvalue weighted by atomic mass is 9.91. The highest BCUT2D eigenvalue weighted by Gasteiger charge is 2.32. The zero-order valence-corrected chi connectivity index (χ0v) is 82.7. The van der Waals surface area contributed by atoms with E-state index in [0.717, 1.165) is 220 Å². The number of benzene rings is 2.